The summed E-state index contributed by atoms with van der Waals surface area (Å²) in [6.07, 6.45) is 2.92. The molecule has 0 aliphatic carbocycles. The normalized spacial score (nSPS) is 12.4. The zero-order chi connectivity index (χ0) is 13.7. The van der Waals surface area contributed by atoms with Gasteiger partial charge >= 0.3 is 0 Å². The molecule has 0 aliphatic heterocycles. The Morgan fingerprint density at radius 3 is 2.63 bits per heavy atom. The first-order chi connectivity index (χ1) is 9.19. The van der Waals surface area contributed by atoms with Gasteiger partial charge in [-0.3, -0.25) is 16.3 Å². The molecule has 0 bridgehead atoms. The topological polar surface area (TPSA) is 50.9 Å². The van der Waals surface area contributed by atoms with Gasteiger partial charge in [-0.25, -0.2) is 4.39 Å². The fraction of sp³-hybridized carbons (Fsp3) is 0.214. The van der Waals surface area contributed by atoms with E-state index in [9.17, 15) is 4.39 Å². The minimum Gasteiger partial charge on any atom is -0.271 e. The number of halogens is 2. The molecule has 1 aromatic carbocycles. The fourth-order valence-electron chi connectivity index (χ4n) is 1.90. The summed E-state index contributed by atoms with van der Waals surface area (Å²) >= 11 is 3.34. The molecule has 2 rings (SSSR count). The molecule has 3 N–H and O–H groups in total. The van der Waals surface area contributed by atoms with Gasteiger partial charge in [-0.15, -0.1) is 0 Å². The molecule has 0 saturated heterocycles. The third-order valence-electron chi connectivity index (χ3n) is 2.90. The van der Waals surface area contributed by atoms with Crippen LogP contribution in [0.4, 0.5) is 4.39 Å². The van der Waals surface area contributed by atoms with Gasteiger partial charge in [0.05, 0.1) is 0 Å². The molecule has 0 amide bonds. The van der Waals surface area contributed by atoms with Crippen LogP contribution in [0.5, 0.6) is 0 Å². The maximum absolute atomic E-state index is 13.6. The Kier molecular flexibility index (Phi) is 5.01. The smallest absolute Gasteiger partial charge is 0.126 e. The minimum atomic E-state index is -0.202. The van der Waals surface area contributed by atoms with E-state index in [4.69, 9.17) is 5.84 Å². The van der Waals surface area contributed by atoms with Crippen molar-refractivity contribution in [1.82, 2.24) is 10.4 Å². The molecule has 19 heavy (non-hydrogen) atoms. The Labute approximate surface area is 120 Å². The molecule has 1 unspecified atom stereocenters. The highest BCUT2D eigenvalue weighted by molar-refractivity contribution is 9.10. The summed E-state index contributed by atoms with van der Waals surface area (Å²) in [5, 5.41) is 0. The predicted molar refractivity (Wildman–Crippen MR) is 76.9 cm³/mol. The second kappa shape index (κ2) is 6.75. The highest BCUT2D eigenvalue weighted by atomic mass is 79.9. The van der Waals surface area contributed by atoms with Crippen molar-refractivity contribution in [2.24, 2.45) is 5.84 Å². The second-order valence-corrected chi connectivity index (χ2v) is 5.25. The van der Waals surface area contributed by atoms with E-state index in [1.807, 2.05) is 18.2 Å². The molecule has 100 valence electrons. The first kappa shape index (κ1) is 14.1. The molecule has 1 aromatic heterocycles. The molecule has 3 nitrogen and oxygen atoms in total. The fourth-order valence-corrected chi connectivity index (χ4v) is 2.13. The number of hydrogen-bond acceptors (Lipinski definition) is 3. The summed E-state index contributed by atoms with van der Waals surface area (Å²) in [5.41, 5.74) is 4.30. The molecule has 1 heterocycles. The molecule has 0 aliphatic rings. The summed E-state index contributed by atoms with van der Waals surface area (Å²) in [6.45, 7) is 0. The van der Waals surface area contributed by atoms with Gasteiger partial charge in [0.2, 0.25) is 0 Å². The van der Waals surface area contributed by atoms with E-state index in [0.717, 1.165) is 10.2 Å². The van der Waals surface area contributed by atoms with Crippen LogP contribution in [0.3, 0.4) is 0 Å². The Hall–Kier alpha value is -1.30. The van der Waals surface area contributed by atoms with E-state index in [0.29, 0.717) is 18.4 Å². The van der Waals surface area contributed by atoms with Crippen LogP contribution >= 0.6 is 15.9 Å². The molecule has 0 spiro atoms. The first-order valence-corrected chi connectivity index (χ1v) is 6.78. The van der Waals surface area contributed by atoms with Crippen LogP contribution < -0.4 is 11.3 Å². The number of nitrogens with two attached hydrogens (primary N) is 1. The van der Waals surface area contributed by atoms with Gasteiger partial charge in [-0.1, -0.05) is 18.2 Å². The Morgan fingerprint density at radius 1 is 1.21 bits per heavy atom. The number of pyridine rings is 1. The van der Waals surface area contributed by atoms with Gasteiger partial charge in [-0.2, -0.15) is 0 Å². The van der Waals surface area contributed by atoms with Crippen molar-refractivity contribution in [3.05, 3.63) is 64.1 Å². The molecular formula is C14H15BrFN3. The highest BCUT2D eigenvalue weighted by Crippen LogP contribution is 2.13. The Bertz CT molecular complexity index is 530. The van der Waals surface area contributed by atoms with E-state index in [1.165, 1.54) is 6.07 Å². The van der Waals surface area contributed by atoms with E-state index < -0.39 is 0 Å². The van der Waals surface area contributed by atoms with E-state index in [2.05, 4.69) is 26.3 Å². The number of benzene rings is 1. The lowest BCUT2D eigenvalue weighted by Crippen LogP contribution is -2.38. The number of rotatable bonds is 5. The Morgan fingerprint density at radius 2 is 2.00 bits per heavy atom. The van der Waals surface area contributed by atoms with Gasteiger partial charge in [0.1, 0.15) is 5.82 Å². The maximum Gasteiger partial charge on any atom is 0.126 e. The average Bonchev–Trinajstić information content (AvgIpc) is 2.43. The third-order valence-corrected chi connectivity index (χ3v) is 3.37. The van der Waals surface area contributed by atoms with Crippen molar-refractivity contribution in [2.45, 2.75) is 18.9 Å². The lowest BCUT2D eigenvalue weighted by Gasteiger charge is -2.16. The van der Waals surface area contributed by atoms with E-state index >= 15 is 0 Å². The quantitative estimate of drug-likeness (QED) is 0.657. The van der Waals surface area contributed by atoms with Crippen molar-refractivity contribution < 1.29 is 4.39 Å². The monoisotopic (exact) mass is 323 g/mol. The number of nitrogens with zero attached hydrogens (tertiary/aromatic N) is 1. The molecular weight excluding hydrogens is 309 g/mol. The lowest BCUT2D eigenvalue weighted by molar-refractivity contribution is 0.502. The maximum atomic E-state index is 13.6. The van der Waals surface area contributed by atoms with Gasteiger partial charge in [0.15, 0.2) is 0 Å². The zero-order valence-electron chi connectivity index (χ0n) is 10.3. The van der Waals surface area contributed by atoms with Crippen molar-refractivity contribution in [3.63, 3.8) is 0 Å². The average molecular weight is 324 g/mol. The second-order valence-electron chi connectivity index (χ2n) is 4.33. The van der Waals surface area contributed by atoms with E-state index in [1.54, 1.807) is 18.3 Å². The van der Waals surface area contributed by atoms with Gasteiger partial charge in [-0.05, 0) is 46.1 Å². The lowest BCUT2D eigenvalue weighted by atomic mass is 10.0. The molecule has 1 atom stereocenters. The largest absolute Gasteiger partial charge is 0.271 e. The van der Waals surface area contributed by atoms with Crippen molar-refractivity contribution in [3.8, 4) is 0 Å². The van der Waals surface area contributed by atoms with Gasteiger partial charge in [0, 0.05) is 28.8 Å². The Balaban J connectivity index is 2.05. The van der Waals surface area contributed by atoms with Crippen LogP contribution in [0.15, 0.2) is 47.1 Å². The third kappa shape index (κ3) is 4.09. The highest BCUT2D eigenvalue weighted by Gasteiger charge is 2.12. The van der Waals surface area contributed by atoms with Crippen molar-refractivity contribution in [2.75, 3.05) is 0 Å². The predicted octanol–water partition coefficient (Wildman–Crippen LogP) is 2.60. The van der Waals surface area contributed by atoms with Gasteiger partial charge in [0.25, 0.3) is 0 Å². The van der Waals surface area contributed by atoms with Crippen LogP contribution in [-0.4, -0.2) is 11.0 Å². The molecule has 0 fully saturated rings. The number of aromatic nitrogens is 1. The first-order valence-electron chi connectivity index (χ1n) is 5.99. The summed E-state index contributed by atoms with van der Waals surface area (Å²) < 4.78 is 14.5. The summed E-state index contributed by atoms with van der Waals surface area (Å²) in [7, 11) is 0. The van der Waals surface area contributed by atoms with Crippen LogP contribution in [0, 0.1) is 5.82 Å². The minimum absolute atomic E-state index is 0.0504. The molecule has 0 saturated carbocycles. The van der Waals surface area contributed by atoms with Crippen molar-refractivity contribution >= 4 is 15.9 Å². The van der Waals surface area contributed by atoms with Crippen LogP contribution in [0.2, 0.25) is 0 Å². The molecule has 0 radical (unpaired) electrons. The number of hydrogen-bond donors (Lipinski definition) is 2. The summed E-state index contributed by atoms with van der Waals surface area (Å²) in [6, 6.07) is 10.5. The zero-order valence-corrected chi connectivity index (χ0v) is 11.9. The molecule has 5 heteroatoms. The number of nitrogens with one attached hydrogen (secondary N) is 1. The molecule has 2 aromatic rings. The summed E-state index contributed by atoms with van der Waals surface area (Å²) in [4.78, 5) is 4.29. The standard InChI is InChI=1S/C14H15BrFN3/c15-11-5-6-12(18-9-11)8-13(19-17)7-10-3-1-2-4-14(10)16/h1-6,9,13,19H,7-8,17H2. The SMILES string of the molecule is NNC(Cc1ccc(Br)cn1)Cc1ccccc1F. The van der Waals surface area contributed by atoms with Crippen LogP contribution in [0.25, 0.3) is 0 Å². The number of hydrazine groups is 1. The van der Waals surface area contributed by atoms with E-state index in [-0.39, 0.29) is 11.9 Å². The van der Waals surface area contributed by atoms with Crippen LogP contribution in [-0.2, 0) is 12.8 Å². The van der Waals surface area contributed by atoms with Gasteiger partial charge < -0.3 is 0 Å². The van der Waals surface area contributed by atoms with Crippen LogP contribution in [0.1, 0.15) is 11.3 Å². The van der Waals surface area contributed by atoms with Crippen molar-refractivity contribution in [1.29, 1.82) is 0 Å². The summed E-state index contributed by atoms with van der Waals surface area (Å²) in [5.74, 6) is 5.34.